The van der Waals surface area contributed by atoms with Gasteiger partial charge in [0.1, 0.15) is 5.76 Å². The fourth-order valence-electron chi connectivity index (χ4n) is 1.81. The average molecular weight is 207 g/mol. The SMILES string of the molecule is COC1=CCC=C(N2CCOCC2)C=C1. The highest BCUT2D eigenvalue weighted by atomic mass is 16.5. The second kappa shape index (κ2) is 5.03. The third kappa shape index (κ3) is 2.63. The average Bonchev–Trinajstić information content (AvgIpc) is 2.55. The van der Waals surface area contributed by atoms with Crippen molar-refractivity contribution in [2.24, 2.45) is 0 Å². The number of ether oxygens (including phenoxy) is 2. The first-order valence-corrected chi connectivity index (χ1v) is 5.35. The summed E-state index contributed by atoms with van der Waals surface area (Å²) in [4.78, 5) is 2.35. The Labute approximate surface area is 90.7 Å². The molecule has 15 heavy (non-hydrogen) atoms. The van der Waals surface area contributed by atoms with Gasteiger partial charge in [-0.2, -0.15) is 0 Å². The van der Waals surface area contributed by atoms with E-state index in [4.69, 9.17) is 9.47 Å². The summed E-state index contributed by atoms with van der Waals surface area (Å²) < 4.78 is 10.5. The molecule has 0 aromatic heterocycles. The molecule has 3 nitrogen and oxygen atoms in total. The monoisotopic (exact) mass is 207 g/mol. The van der Waals surface area contributed by atoms with Crippen molar-refractivity contribution in [1.29, 1.82) is 0 Å². The number of allylic oxidation sites excluding steroid dienone is 4. The van der Waals surface area contributed by atoms with Gasteiger partial charge in [-0.25, -0.2) is 0 Å². The minimum atomic E-state index is 0.829. The Balaban J connectivity index is 2.01. The van der Waals surface area contributed by atoms with Crippen molar-refractivity contribution in [3.63, 3.8) is 0 Å². The van der Waals surface area contributed by atoms with E-state index in [1.54, 1.807) is 7.11 Å². The van der Waals surface area contributed by atoms with Crippen molar-refractivity contribution in [3.05, 3.63) is 35.8 Å². The van der Waals surface area contributed by atoms with Crippen LogP contribution in [0.4, 0.5) is 0 Å². The molecular weight excluding hydrogens is 190 g/mol. The predicted octanol–water partition coefficient (Wildman–Crippen LogP) is 1.69. The Kier molecular flexibility index (Phi) is 3.45. The highest BCUT2D eigenvalue weighted by Gasteiger charge is 2.12. The van der Waals surface area contributed by atoms with E-state index in [1.165, 1.54) is 5.70 Å². The molecule has 0 N–H and O–H groups in total. The van der Waals surface area contributed by atoms with Crippen LogP contribution in [0.2, 0.25) is 0 Å². The van der Waals surface area contributed by atoms with Gasteiger partial charge in [0, 0.05) is 18.8 Å². The zero-order valence-corrected chi connectivity index (χ0v) is 9.11. The third-order valence-electron chi connectivity index (χ3n) is 2.68. The summed E-state index contributed by atoms with van der Waals surface area (Å²) in [6.45, 7) is 3.63. The van der Waals surface area contributed by atoms with E-state index >= 15 is 0 Å². The molecule has 0 radical (unpaired) electrons. The second-order valence-electron chi connectivity index (χ2n) is 3.61. The fraction of sp³-hybridized carbons (Fsp3) is 0.500. The number of hydrogen-bond acceptors (Lipinski definition) is 3. The molecule has 82 valence electrons. The molecule has 0 amide bonds. The summed E-state index contributed by atoms with van der Waals surface area (Å²) in [5.41, 5.74) is 1.28. The zero-order chi connectivity index (χ0) is 10.5. The van der Waals surface area contributed by atoms with Crippen LogP contribution < -0.4 is 0 Å². The first-order chi connectivity index (χ1) is 7.40. The molecule has 0 saturated carbocycles. The van der Waals surface area contributed by atoms with Gasteiger partial charge in [-0.15, -0.1) is 0 Å². The van der Waals surface area contributed by atoms with Crippen molar-refractivity contribution < 1.29 is 9.47 Å². The fourth-order valence-corrected chi connectivity index (χ4v) is 1.81. The van der Waals surface area contributed by atoms with Crippen LogP contribution in [0.1, 0.15) is 6.42 Å². The van der Waals surface area contributed by atoms with Crippen LogP contribution in [0.25, 0.3) is 0 Å². The van der Waals surface area contributed by atoms with Crippen molar-refractivity contribution in [3.8, 4) is 0 Å². The van der Waals surface area contributed by atoms with Gasteiger partial charge in [0.2, 0.25) is 0 Å². The lowest BCUT2D eigenvalue weighted by atomic mass is 10.3. The molecule has 0 atom stereocenters. The molecule has 0 aromatic carbocycles. The molecule has 0 aromatic rings. The normalized spacial score (nSPS) is 21.8. The summed E-state index contributed by atoms with van der Waals surface area (Å²) in [5.74, 6) is 0.939. The van der Waals surface area contributed by atoms with Gasteiger partial charge < -0.3 is 14.4 Å². The van der Waals surface area contributed by atoms with Crippen LogP contribution in [-0.2, 0) is 9.47 Å². The lowest BCUT2D eigenvalue weighted by molar-refractivity contribution is 0.0553. The Hall–Kier alpha value is -1.22. The van der Waals surface area contributed by atoms with Crippen LogP contribution in [-0.4, -0.2) is 38.3 Å². The number of hydrogen-bond donors (Lipinski definition) is 0. The maximum absolute atomic E-state index is 5.33. The van der Waals surface area contributed by atoms with E-state index < -0.39 is 0 Å². The number of nitrogens with zero attached hydrogens (tertiary/aromatic N) is 1. The van der Waals surface area contributed by atoms with Crippen molar-refractivity contribution >= 4 is 0 Å². The van der Waals surface area contributed by atoms with E-state index in [9.17, 15) is 0 Å². The van der Waals surface area contributed by atoms with Crippen LogP contribution in [0, 0.1) is 0 Å². The van der Waals surface area contributed by atoms with Crippen LogP contribution in [0.3, 0.4) is 0 Å². The summed E-state index contributed by atoms with van der Waals surface area (Å²) in [6.07, 6.45) is 9.39. The maximum atomic E-state index is 5.33. The van der Waals surface area contributed by atoms with Crippen molar-refractivity contribution in [1.82, 2.24) is 4.90 Å². The molecule has 1 fully saturated rings. The molecule has 0 bridgehead atoms. The molecule has 3 heteroatoms. The minimum absolute atomic E-state index is 0.829. The maximum Gasteiger partial charge on any atom is 0.115 e. The molecule has 1 saturated heterocycles. The lowest BCUT2D eigenvalue weighted by Crippen LogP contribution is -2.35. The van der Waals surface area contributed by atoms with Crippen LogP contribution >= 0.6 is 0 Å². The number of morpholine rings is 1. The quantitative estimate of drug-likeness (QED) is 0.688. The van der Waals surface area contributed by atoms with Gasteiger partial charge in [0.25, 0.3) is 0 Å². The van der Waals surface area contributed by atoms with E-state index in [2.05, 4.69) is 23.1 Å². The summed E-state index contributed by atoms with van der Waals surface area (Å²) >= 11 is 0. The summed E-state index contributed by atoms with van der Waals surface area (Å²) in [5, 5.41) is 0. The molecule has 1 aliphatic heterocycles. The van der Waals surface area contributed by atoms with Gasteiger partial charge in [0.15, 0.2) is 0 Å². The lowest BCUT2D eigenvalue weighted by Gasteiger charge is -2.29. The molecule has 1 aliphatic carbocycles. The molecular formula is C12H17NO2. The minimum Gasteiger partial charge on any atom is -0.497 e. The van der Waals surface area contributed by atoms with Gasteiger partial charge >= 0.3 is 0 Å². The smallest absolute Gasteiger partial charge is 0.115 e. The Morgan fingerprint density at radius 2 is 2.00 bits per heavy atom. The zero-order valence-electron chi connectivity index (χ0n) is 9.11. The number of rotatable bonds is 2. The topological polar surface area (TPSA) is 21.7 Å². The van der Waals surface area contributed by atoms with Crippen molar-refractivity contribution in [2.75, 3.05) is 33.4 Å². The Morgan fingerprint density at radius 1 is 1.20 bits per heavy atom. The molecule has 0 unspecified atom stereocenters. The van der Waals surface area contributed by atoms with E-state index in [0.717, 1.165) is 38.5 Å². The van der Waals surface area contributed by atoms with E-state index in [-0.39, 0.29) is 0 Å². The first-order valence-electron chi connectivity index (χ1n) is 5.35. The molecule has 0 spiro atoms. The van der Waals surface area contributed by atoms with E-state index in [0.29, 0.717) is 0 Å². The van der Waals surface area contributed by atoms with Gasteiger partial charge in [-0.1, -0.05) is 6.08 Å². The summed E-state index contributed by atoms with van der Waals surface area (Å²) in [7, 11) is 1.70. The van der Waals surface area contributed by atoms with Gasteiger partial charge in [-0.05, 0) is 24.6 Å². The van der Waals surface area contributed by atoms with Crippen LogP contribution in [0.5, 0.6) is 0 Å². The highest BCUT2D eigenvalue weighted by Crippen LogP contribution is 2.15. The van der Waals surface area contributed by atoms with Crippen molar-refractivity contribution in [2.45, 2.75) is 6.42 Å². The van der Waals surface area contributed by atoms with Crippen LogP contribution in [0.15, 0.2) is 35.8 Å². The number of methoxy groups -OCH3 is 1. The molecule has 1 heterocycles. The predicted molar refractivity (Wildman–Crippen MR) is 59.3 cm³/mol. The largest absolute Gasteiger partial charge is 0.497 e. The molecule has 2 rings (SSSR count). The molecule has 2 aliphatic rings. The van der Waals surface area contributed by atoms with E-state index in [1.807, 2.05) is 6.08 Å². The van der Waals surface area contributed by atoms with Gasteiger partial charge in [0.05, 0.1) is 20.3 Å². The highest BCUT2D eigenvalue weighted by molar-refractivity contribution is 5.29. The van der Waals surface area contributed by atoms with Gasteiger partial charge in [-0.3, -0.25) is 0 Å². The second-order valence-corrected chi connectivity index (χ2v) is 3.61. The Bertz CT molecular complexity index is 299. The standard InChI is InChI=1S/C12H17NO2/c1-14-12-4-2-3-11(5-6-12)13-7-9-15-10-8-13/h3-6H,2,7-10H2,1H3. The third-order valence-corrected chi connectivity index (χ3v) is 2.68. The first kappa shape index (κ1) is 10.3. The Morgan fingerprint density at radius 3 is 2.73 bits per heavy atom. The summed E-state index contributed by atoms with van der Waals surface area (Å²) in [6, 6.07) is 0.